The Morgan fingerprint density at radius 1 is 1.27 bits per heavy atom. The number of piperazine rings is 1. The van der Waals surface area contributed by atoms with Gasteiger partial charge < -0.3 is 20.2 Å². The van der Waals surface area contributed by atoms with Crippen LogP contribution < -0.4 is 10.2 Å². The quantitative estimate of drug-likeness (QED) is 0.857. The molecule has 1 aliphatic carbocycles. The van der Waals surface area contributed by atoms with Crippen molar-refractivity contribution in [1.82, 2.24) is 15.2 Å². The van der Waals surface area contributed by atoms with Crippen LogP contribution in [0.2, 0.25) is 0 Å². The van der Waals surface area contributed by atoms with Gasteiger partial charge in [-0.3, -0.25) is 4.79 Å². The van der Waals surface area contributed by atoms with Gasteiger partial charge in [0.1, 0.15) is 4.88 Å². The van der Waals surface area contributed by atoms with Crippen molar-refractivity contribution in [2.24, 2.45) is 0 Å². The number of amides is 1. The van der Waals surface area contributed by atoms with E-state index in [0.717, 1.165) is 48.9 Å². The first kappa shape index (κ1) is 17.5. The van der Waals surface area contributed by atoms with Crippen molar-refractivity contribution in [3.05, 3.63) is 46.5 Å². The molecule has 1 amide bonds. The van der Waals surface area contributed by atoms with E-state index >= 15 is 0 Å². The van der Waals surface area contributed by atoms with Crippen molar-refractivity contribution in [3.8, 4) is 0 Å². The molecule has 2 atom stereocenters. The van der Waals surface area contributed by atoms with Gasteiger partial charge >= 0.3 is 0 Å². The van der Waals surface area contributed by atoms with Gasteiger partial charge in [-0.25, -0.2) is 4.98 Å². The van der Waals surface area contributed by atoms with E-state index in [1.807, 2.05) is 24.3 Å². The molecular formula is C19H24N4O2S. The highest BCUT2D eigenvalue weighted by molar-refractivity contribution is 7.17. The largest absolute Gasteiger partial charge is 0.396 e. The highest BCUT2D eigenvalue weighted by Gasteiger charge is 2.31. The normalized spacial score (nSPS) is 23.1. The molecule has 2 heterocycles. The van der Waals surface area contributed by atoms with Crippen LogP contribution in [0.25, 0.3) is 0 Å². The smallest absolute Gasteiger partial charge is 0.263 e. The van der Waals surface area contributed by atoms with E-state index in [0.29, 0.717) is 4.88 Å². The van der Waals surface area contributed by atoms with Crippen LogP contribution in [0.3, 0.4) is 0 Å². The van der Waals surface area contributed by atoms with Crippen LogP contribution >= 0.6 is 11.3 Å². The summed E-state index contributed by atoms with van der Waals surface area (Å²) in [6, 6.07) is 8.00. The van der Waals surface area contributed by atoms with Gasteiger partial charge in [-0.1, -0.05) is 35.6 Å². The topological polar surface area (TPSA) is 68.7 Å². The van der Waals surface area contributed by atoms with E-state index in [1.165, 1.54) is 11.3 Å². The van der Waals surface area contributed by atoms with Gasteiger partial charge in [0.15, 0.2) is 5.13 Å². The number of aliphatic hydroxyl groups excluding tert-OH is 1. The van der Waals surface area contributed by atoms with E-state index in [1.54, 1.807) is 6.20 Å². The summed E-state index contributed by atoms with van der Waals surface area (Å²) < 4.78 is 0. The maximum atomic E-state index is 12.7. The lowest BCUT2D eigenvalue weighted by Crippen LogP contribution is -2.44. The zero-order valence-electron chi connectivity index (χ0n) is 14.9. The van der Waals surface area contributed by atoms with E-state index in [4.69, 9.17) is 0 Å². The molecule has 2 N–H and O–H groups in total. The van der Waals surface area contributed by atoms with Crippen LogP contribution in [-0.2, 0) is 0 Å². The van der Waals surface area contributed by atoms with Gasteiger partial charge in [0.2, 0.25) is 0 Å². The minimum absolute atomic E-state index is 0.0509. The van der Waals surface area contributed by atoms with E-state index in [-0.39, 0.29) is 24.5 Å². The average molecular weight is 372 g/mol. The van der Waals surface area contributed by atoms with Crippen molar-refractivity contribution in [2.45, 2.75) is 18.4 Å². The molecule has 6 nitrogen and oxygen atoms in total. The van der Waals surface area contributed by atoms with Gasteiger partial charge in [-0.2, -0.15) is 0 Å². The fourth-order valence-corrected chi connectivity index (χ4v) is 4.66. The summed E-state index contributed by atoms with van der Waals surface area (Å²) in [4.78, 5) is 22.4. The predicted molar refractivity (Wildman–Crippen MR) is 103 cm³/mol. The SMILES string of the molecule is CN1CCN(c2ncc(C(=O)N[C@@H]3C[C@H](CO)c4ccccc43)s2)CC1. The van der Waals surface area contributed by atoms with Crippen LogP contribution in [0.15, 0.2) is 30.5 Å². The Bertz CT molecular complexity index is 785. The molecular weight excluding hydrogens is 348 g/mol. The molecule has 1 aromatic carbocycles. The van der Waals surface area contributed by atoms with Crippen molar-refractivity contribution >= 4 is 22.4 Å². The highest BCUT2D eigenvalue weighted by atomic mass is 32.1. The van der Waals surface area contributed by atoms with Crippen molar-refractivity contribution in [1.29, 1.82) is 0 Å². The van der Waals surface area contributed by atoms with Gasteiger partial charge in [0.25, 0.3) is 5.91 Å². The number of hydrogen-bond acceptors (Lipinski definition) is 6. The summed E-state index contributed by atoms with van der Waals surface area (Å²) in [7, 11) is 2.12. The molecule has 0 spiro atoms. The summed E-state index contributed by atoms with van der Waals surface area (Å²) >= 11 is 1.45. The molecule has 2 aliphatic rings. The molecule has 138 valence electrons. The van der Waals surface area contributed by atoms with Crippen LogP contribution in [-0.4, -0.2) is 60.7 Å². The summed E-state index contributed by atoms with van der Waals surface area (Å²) in [5.74, 6) is 0.0140. The lowest BCUT2D eigenvalue weighted by atomic mass is 10.0. The molecule has 0 radical (unpaired) electrons. The maximum absolute atomic E-state index is 12.7. The summed E-state index contributed by atoms with van der Waals surface area (Å²) in [5, 5.41) is 13.7. The Hall–Kier alpha value is -1.96. The summed E-state index contributed by atoms with van der Waals surface area (Å²) in [6.07, 6.45) is 2.42. The second-order valence-electron chi connectivity index (χ2n) is 7.07. The number of anilines is 1. The zero-order chi connectivity index (χ0) is 18.1. The number of hydrogen-bond donors (Lipinski definition) is 2. The first-order valence-electron chi connectivity index (χ1n) is 9.05. The van der Waals surface area contributed by atoms with E-state index in [2.05, 4.69) is 27.1 Å². The average Bonchev–Trinajstić information content (AvgIpc) is 3.28. The molecule has 26 heavy (non-hydrogen) atoms. The number of thiazole rings is 1. The molecule has 1 fully saturated rings. The van der Waals surface area contributed by atoms with Crippen LogP contribution in [0.4, 0.5) is 5.13 Å². The van der Waals surface area contributed by atoms with Gasteiger partial charge in [0, 0.05) is 32.1 Å². The Morgan fingerprint density at radius 3 is 2.73 bits per heavy atom. The van der Waals surface area contributed by atoms with Gasteiger partial charge in [0.05, 0.1) is 18.8 Å². The third-order valence-corrected chi connectivity index (χ3v) is 6.41. The van der Waals surface area contributed by atoms with Crippen molar-refractivity contribution in [3.63, 3.8) is 0 Å². The molecule has 7 heteroatoms. The number of aromatic nitrogens is 1. The molecule has 4 rings (SSSR count). The van der Waals surface area contributed by atoms with Gasteiger partial charge in [-0.05, 0) is 24.6 Å². The minimum Gasteiger partial charge on any atom is -0.396 e. The number of benzene rings is 1. The van der Waals surface area contributed by atoms with Crippen molar-refractivity contribution in [2.75, 3.05) is 44.7 Å². The molecule has 1 saturated heterocycles. The number of rotatable bonds is 4. The number of nitrogens with one attached hydrogen (secondary N) is 1. The monoisotopic (exact) mass is 372 g/mol. The number of carbonyl (C=O) groups excluding carboxylic acids is 1. The van der Waals surface area contributed by atoms with E-state index in [9.17, 15) is 9.90 Å². The number of fused-ring (bicyclic) bond motifs is 1. The van der Waals surface area contributed by atoms with E-state index < -0.39 is 0 Å². The number of carbonyl (C=O) groups is 1. The third kappa shape index (κ3) is 3.34. The molecule has 2 aromatic rings. The Morgan fingerprint density at radius 2 is 2.00 bits per heavy atom. The molecule has 1 aliphatic heterocycles. The number of aliphatic hydroxyl groups is 1. The standard InChI is InChI=1S/C19H24N4O2S/c1-22-6-8-23(9-7-22)19-20-11-17(26-19)18(25)21-16-10-13(12-24)14-4-2-3-5-15(14)16/h2-5,11,13,16,24H,6-10,12H2,1H3,(H,21,25)/t13-,16-/m1/s1. The first-order chi connectivity index (χ1) is 12.7. The maximum Gasteiger partial charge on any atom is 0.263 e. The lowest BCUT2D eigenvalue weighted by molar-refractivity contribution is 0.0938. The van der Waals surface area contributed by atoms with Crippen LogP contribution in [0, 0.1) is 0 Å². The second kappa shape index (κ2) is 7.34. The van der Waals surface area contributed by atoms with Crippen LogP contribution in [0.1, 0.15) is 39.2 Å². The Labute approximate surface area is 157 Å². The summed E-state index contributed by atoms with van der Waals surface area (Å²) in [6.45, 7) is 4.03. The van der Waals surface area contributed by atoms with Gasteiger partial charge in [-0.15, -0.1) is 0 Å². The minimum atomic E-state index is -0.0822. The number of nitrogens with zero attached hydrogens (tertiary/aromatic N) is 3. The van der Waals surface area contributed by atoms with Crippen LogP contribution in [0.5, 0.6) is 0 Å². The highest BCUT2D eigenvalue weighted by Crippen LogP contribution is 2.40. The summed E-state index contributed by atoms with van der Waals surface area (Å²) in [5.41, 5.74) is 2.26. The zero-order valence-corrected chi connectivity index (χ0v) is 15.7. The second-order valence-corrected chi connectivity index (χ2v) is 8.08. The number of likely N-dealkylation sites (N-methyl/N-ethyl adjacent to an activating group) is 1. The fourth-order valence-electron chi connectivity index (χ4n) is 3.79. The first-order valence-corrected chi connectivity index (χ1v) is 9.87. The third-order valence-electron chi connectivity index (χ3n) is 5.35. The molecule has 0 saturated carbocycles. The molecule has 1 aromatic heterocycles. The Kier molecular flexibility index (Phi) is 4.93. The fraction of sp³-hybridized carbons (Fsp3) is 0.474. The predicted octanol–water partition coefficient (Wildman–Crippen LogP) is 1.85. The molecule has 0 unspecified atom stereocenters. The lowest BCUT2D eigenvalue weighted by Gasteiger charge is -2.32. The Balaban J connectivity index is 1.45. The molecule has 0 bridgehead atoms. The van der Waals surface area contributed by atoms with Crippen molar-refractivity contribution < 1.29 is 9.90 Å².